The largest absolute Gasteiger partial charge is 0.469 e. The number of nitrogens with zero attached hydrogens (tertiary/aromatic N) is 1. The van der Waals surface area contributed by atoms with Crippen molar-refractivity contribution in [3.63, 3.8) is 0 Å². The third kappa shape index (κ3) is 3.24. The summed E-state index contributed by atoms with van der Waals surface area (Å²) in [5.74, 6) is 0.560. The molecule has 0 bridgehead atoms. The molecule has 0 spiro atoms. The van der Waals surface area contributed by atoms with Crippen LogP contribution in [0, 0.1) is 6.92 Å². The Balaban J connectivity index is 2.00. The Hall–Kier alpha value is -1.59. The summed E-state index contributed by atoms with van der Waals surface area (Å²) in [6.45, 7) is 2.37. The molecule has 2 heterocycles. The number of carbonyl (C=O) groups is 1. The van der Waals surface area contributed by atoms with Crippen molar-refractivity contribution in [2.24, 2.45) is 0 Å². The average molecular weight is 278 g/mol. The molecule has 2 rings (SSSR count). The molecular formula is C14H18N2O2S. The lowest BCUT2D eigenvalue weighted by molar-refractivity contribution is 0.0941. The molecule has 19 heavy (non-hydrogen) atoms. The zero-order valence-electron chi connectivity index (χ0n) is 11.3. The molecule has 0 aliphatic heterocycles. The van der Waals surface area contributed by atoms with Crippen LogP contribution in [0.4, 0.5) is 0 Å². The van der Waals surface area contributed by atoms with E-state index in [0.717, 1.165) is 0 Å². The van der Waals surface area contributed by atoms with Crippen molar-refractivity contribution in [1.82, 2.24) is 10.2 Å². The number of nitrogens with one attached hydrogen (secondary N) is 1. The lowest BCUT2D eigenvalue weighted by atomic mass is 10.2. The number of carbonyl (C=O) groups excluding carboxylic acids is 1. The van der Waals surface area contributed by atoms with Crippen molar-refractivity contribution in [1.29, 1.82) is 0 Å². The van der Waals surface area contributed by atoms with Crippen LogP contribution in [-0.2, 0) is 0 Å². The number of hydrogen-bond acceptors (Lipinski definition) is 4. The van der Waals surface area contributed by atoms with Gasteiger partial charge >= 0.3 is 0 Å². The van der Waals surface area contributed by atoms with Gasteiger partial charge in [0.2, 0.25) is 0 Å². The minimum absolute atomic E-state index is 0.0883. The highest BCUT2D eigenvalue weighted by Gasteiger charge is 2.18. The summed E-state index contributed by atoms with van der Waals surface area (Å²) in [6, 6.07) is 6.00. The Kier molecular flexibility index (Phi) is 4.39. The number of amides is 1. The quantitative estimate of drug-likeness (QED) is 0.914. The van der Waals surface area contributed by atoms with E-state index >= 15 is 0 Å². The van der Waals surface area contributed by atoms with Crippen molar-refractivity contribution >= 4 is 17.2 Å². The van der Waals surface area contributed by atoms with E-state index in [1.807, 2.05) is 25.5 Å². The van der Waals surface area contributed by atoms with E-state index in [1.54, 1.807) is 24.3 Å². The fraction of sp³-hybridized carbons (Fsp3) is 0.357. The second kappa shape index (κ2) is 6.04. The summed E-state index contributed by atoms with van der Waals surface area (Å²) in [7, 11) is 4.03. The molecule has 1 unspecified atom stereocenters. The topological polar surface area (TPSA) is 45.5 Å². The summed E-state index contributed by atoms with van der Waals surface area (Å²) in [5.41, 5.74) is 0.601. The molecule has 1 N–H and O–H groups in total. The summed E-state index contributed by atoms with van der Waals surface area (Å²) in [6.07, 6.45) is 1.53. The van der Waals surface area contributed by atoms with Gasteiger partial charge in [-0.05, 0) is 38.5 Å². The highest BCUT2D eigenvalue weighted by molar-refractivity contribution is 7.10. The molecule has 0 aliphatic rings. The molecule has 4 nitrogen and oxygen atoms in total. The zero-order valence-corrected chi connectivity index (χ0v) is 12.2. The maximum absolute atomic E-state index is 12.0. The van der Waals surface area contributed by atoms with Gasteiger partial charge in [0, 0.05) is 11.4 Å². The van der Waals surface area contributed by atoms with Crippen molar-refractivity contribution in [3.8, 4) is 0 Å². The van der Waals surface area contributed by atoms with Gasteiger partial charge in [-0.3, -0.25) is 4.79 Å². The second-order valence-electron chi connectivity index (χ2n) is 4.60. The van der Waals surface area contributed by atoms with Gasteiger partial charge in [0.1, 0.15) is 5.76 Å². The number of rotatable bonds is 5. The SMILES string of the molecule is Cc1occc1C(=O)NCC(c1cccs1)N(C)C. The molecular weight excluding hydrogens is 260 g/mol. The Bertz CT molecular complexity index is 531. The molecule has 0 saturated heterocycles. The molecule has 102 valence electrons. The van der Waals surface area contributed by atoms with Gasteiger partial charge in [-0.15, -0.1) is 11.3 Å². The number of hydrogen-bond donors (Lipinski definition) is 1. The fourth-order valence-corrected chi connectivity index (χ4v) is 2.85. The first-order chi connectivity index (χ1) is 9.09. The minimum Gasteiger partial charge on any atom is -0.469 e. The lowest BCUT2D eigenvalue weighted by Gasteiger charge is -2.23. The number of furan rings is 1. The molecule has 2 aromatic heterocycles. The third-order valence-corrected chi connectivity index (χ3v) is 4.03. The van der Waals surface area contributed by atoms with Gasteiger partial charge in [0.05, 0.1) is 17.9 Å². The van der Waals surface area contributed by atoms with Crippen LogP contribution in [0.2, 0.25) is 0 Å². The van der Waals surface area contributed by atoms with Crippen LogP contribution in [0.25, 0.3) is 0 Å². The normalized spacial score (nSPS) is 12.6. The Labute approximate surface area is 117 Å². The Morgan fingerprint density at radius 1 is 1.47 bits per heavy atom. The highest BCUT2D eigenvalue weighted by atomic mass is 32.1. The highest BCUT2D eigenvalue weighted by Crippen LogP contribution is 2.22. The molecule has 2 aromatic rings. The monoisotopic (exact) mass is 278 g/mol. The predicted molar refractivity (Wildman–Crippen MR) is 76.5 cm³/mol. The molecule has 0 saturated carbocycles. The summed E-state index contributed by atoms with van der Waals surface area (Å²) >= 11 is 1.70. The van der Waals surface area contributed by atoms with Gasteiger partial charge < -0.3 is 14.6 Å². The van der Waals surface area contributed by atoms with Crippen LogP contribution in [0.1, 0.15) is 27.0 Å². The molecule has 5 heteroatoms. The first-order valence-electron chi connectivity index (χ1n) is 6.11. The van der Waals surface area contributed by atoms with Crippen LogP contribution in [0.5, 0.6) is 0 Å². The molecule has 0 aliphatic carbocycles. The molecule has 0 aromatic carbocycles. The van der Waals surface area contributed by atoms with E-state index in [0.29, 0.717) is 17.9 Å². The van der Waals surface area contributed by atoms with Crippen molar-refractivity contribution in [2.75, 3.05) is 20.6 Å². The number of likely N-dealkylation sites (N-methyl/N-ethyl adjacent to an activating group) is 1. The van der Waals surface area contributed by atoms with Gasteiger partial charge in [0.15, 0.2) is 0 Å². The minimum atomic E-state index is -0.0883. The van der Waals surface area contributed by atoms with Crippen LogP contribution in [-0.4, -0.2) is 31.4 Å². The molecule has 1 atom stereocenters. The summed E-state index contributed by atoms with van der Waals surface area (Å²) in [4.78, 5) is 15.4. The van der Waals surface area contributed by atoms with Crippen molar-refractivity contribution < 1.29 is 9.21 Å². The fourth-order valence-electron chi connectivity index (χ4n) is 1.92. The van der Waals surface area contributed by atoms with E-state index in [1.165, 1.54) is 11.1 Å². The van der Waals surface area contributed by atoms with Gasteiger partial charge in [-0.2, -0.15) is 0 Å². The van der Waals surface area contributed by atoms with Crippen LogP contribution in [0.3, 0.4) is 0 Å². The van der Waals surface area contributed by atoms with Gasteiger partial charge in [0.25, 0.3) is 5.91 Å². The Morgan fingerprint density at radius 2 is 2.26 bits per heavy atom. The summed E-state index contributed by atoms with van der Waals surface area (Å²) < 4.78 is 5.14. The summed E-state index contributed by atoms with van der Waals surface area (Å²) in [5, 5.41) is 5.01. The first-order valence-corrected chi connectivity index (χ1v) is 6.99. The molecule has 0 fully saturated rings. The van der Waals surface area contributed by atoms with Gasteiger partial charge in [-0.25, -0.2) is 0 Å². The zero-order chi connectivity index (χ0) is 13.8. The second-order valence-corrected chi connectivity index (χ2v) is 5.57. The van der Waals surface area contributed by atoms with Crippen LogP contribution >= 0.6 is 11.3 Å². The van der Waals surface area contributed by atoms with Gasteiger partial charge in [-0.1, -0.05) is 6.07 Å². The standard InChI is InChI=1S/C14H18N2O2S/c1-10-11(6-7-18-10)14(17)15-9-12(16(2)3)13-5-4-8-19-13/h4-8,12H,9H2,1-3H3,(H,15,17). The van der Waals surface area contributed by atoms with E-state index in [4.69, 9.17) is 4.42 Å². The van der Waals surface area contributed by atoms with E-state index in [9.17, 15) is 4.79 Å². The van der Waals surface area contributed by atoms with E-state index in [-0.39, 0.29) is 11.9 Å². The maximum Gasteiger partial charge on any atom is 0.254 e. The third-order valence-electron chi connectivity index (χ3n) is 3.05. The van der Waals surface area contributed by atoms with E-state index < -0.39 is 0 Å². The average Bonchev–Trinajstić information content (AvgIpc) is 3.00. The number of thiophene rings is 1. The lowest BCUT2D eigenvalue weighted by Crippen LogP contribution is -2.34. The smallest absolute Gasteiger partial charge is 0.254 e. The van der Waals surface area contributed by atoms with Crippen LogP contribution in [0.15, 0.2) is 34.3 Å². The molecule has 1 amide bonds. The van der Waals surface area contributed by atoms with Crippen molar-refractivity contribution in [2.45, 2.75) is 13.0 Å². The van der Waals surface area contributed by atoms with E-state index in [2.05, 4.69) is 16.3 Å². The first kappa shape index (κ1) is 13.8. The Morgan fingerprint density at radius 3 is 2.79 bits per heavy atom. The maximum atomic E-state index is 12.0. The predicted octanol–water partition coefficient (Wildman–Crippen LogP) is 2.68. The number of aryl methyl sites for hydroxylation is 1. The molecule has 0 radical (unpaired) electrons. The van der Waals surface area contributed by atoms with Crippen LogP contribution < -0.4 is 5.32 Å². The van der Waals surface area contributed by atoms with Crippen molar-refractivity contribution in [3.05, 3.63) is 46.0 Å².